The first-order valence-electron chi connectivity index (χ1n) is 6.65. The van der Waals surface area contributed by atoms with E-state index in [4.69, 9.17) is 9.47 Å². The Morgan fingerprint density at radius 1 is 0.952 bits per heavy atom. The molecule has 0 aromatic heterocycles. The van der Waals surface area contributed by atoms with Gasteiger partial charge in [-0.1, -0.05) is 17.7 Å². The van der Waals surface area contributed by atoms with Gasteiger partial charge in [-0.25, -0.2) is 0 Å². The highest BCUT2D eigenvalue weighted by atomic mass is 16.5. The molecule has 2 aromatic carbocycles. The number of amides is 1. The van der Waals surface area contributed by atoms with Crippen molar-refractivity contribution in [2.75, 3.05) is 19.5 Å². The van der Waals surface area contributed by atoms with Crippen molar-refractivity contribution in [1.29, 1.82) is 0 Å². The molecule has 4 nitrogen and oxygen atoms in total. The molecule has 21 heavy (non-hydrogen) atoms. The summed E-state index contributed by atoms with van der Waals surface area (Å²) in [5, 5.41) is 2.87. The first-order chi connectivity index (χ1) is 10.0. The third-order valence-corrected chi connectivity index (χ3v) is 3.24. The minimum atomic E-state index is -0.150. The number of anilines is 1. The fourth-order valence-electron chi connectivity index (χ4n) is 2.15. The molecule has 2 rings (SSSR count). The summed E-state index contributed by atoms with van der Waals surface area (Å²) >= 11 is 0. The highest BCUT2D eigenvalue weighted by molar-refractivity contribution is 6.05. The van der Waals surface area contributed by atoms with Crippen molar-refractivity contribution in [3.63, 3.8) is 0 Å². The Kier molecular flexibility index (Phi) is 4.48. The molecule has 0 fully saturated rings. The quantitative estimate of drug-likeness (QED) is 0.934. The van der Waals surface area contributed by atoms with Gasteiger partial charge in [0.15, 0.2) is 0 Å². The Bertz CT molecular complexity index is 643. The molecule has 0 saturated carbocycles. The largest absolute Gasteiger partial charge is 0.497 e. The maximum atomic E-state index is 12.4. The smallest absolute Gasteiger partial charge is 0.255 e. The van der Waals surface area contributed by atoms with Gasteiger partial charge in [0.25, 0.3) is 5.91 Å². The van der Waals surface area contributed by atoms with Gasteiger partial charge in [0.1, 0.15) is 11.5 Å². The van der Waals surface area contributed by atoms with Gasteiger partial charge in [-0.2, -0.15) is 0 Å². The lowest BCUT2D eigenvalue weighted by Gasteiger charge is -2.11. The van der Waals surface area contributed by atoms with Crippen LogP contribution in [0.5, 0.6) is 11.5 Å². The van der Waals surface area contributed by atoms with Crippen LogP contribution in [0.4, 0.5) is 5.69 Å². The molecule has 0 spiro atoms. The number of ether oxygens (including phenoxy) is 2. The monoisotopic (exact) mass is 285 g/mol. The maximum Gasteiger partial charge on any atom is 0.255 e. The molecule has 4 heteroatoms. The van der Waals surface area contributed by atoms with Crippen LogP contribution in [0, 0.1) is 13.8 Å². The molecule has 1 N–H and O–H groups in total. The van der Waals surface area contributed by atoms with Crippen LogP contribution in [0.25, 0.3) is 0 Å². The van der Waals surface area contributed by atoms with Gasteiger partial charge in [0.2, 0.25) is 0 Å². The van der Waals surface area contributed by atoms with E-state index in [-0.39, 0.29) is 5.91 Å². The Morgan fingerprint density at radius 2 is 1.57 bits per heavy atom. The third-order valence-electron chi connectivity index (χ3n) is 3.24. The Morgan fingerprint density at radius 3 is 2.10 bits per heavy atom. The SMILES string of the molecule is COc1cc(NC(=O)c2ccc(C)cc2C)cc(OC)c1. The van der Waals surface area contributed by atoms with Crippen LogP contribution >= 0.6 is 0 Å². The van der Waals surface area contributed by atoms with Crippen molar-refractivity contribution in [2.24, 2.45) is 0 Å². The van der Waals surface area contributed by atoms with Gasteiger partial charge in [-0.15, -0.1) is 0 Å². The van der Waals surface area contributed by atoms with E-state index in [0.717, 1.165) is 11.1 Å². The highest BCUT2D eigenvalue weighted by Gasteiger charge is 2.10. The van der Waals surface area contributed by atoms with E-state index in [1.165, 1.54) is 0 Å². The fraction of sp³-hybridized carbons (Fsp3) is 0.235. The maximum absolute atomic E-state index is 12.4. The molecule has 1 amide bonds. The number of benzene rings is 2. The molecule has 0 aliphatic rings. The first kappa shape index (κ1) is 14.9. The predicted octanol–water partition coefficient (Wildman–Crippen LogP) is 3.57. The highest BCUT2D eigenvalue weighted by Crippen LogP contribution is 2.26. The Balaban J connectivity index is 2.26. The van der Waals surface area contributed by atoms with E-state index in [1.807, 2.05) is 32.0 Å². The van der Waals surface area contributed by atoms with E-state index < -0.39 is 0 Å². The van der Waals surface area contributed by atoms with Crippen molar-refractivity contribution in [3.05, 3.63) is 53.1 Å². The molecule has 2 aromatic rings. The van der Waals surface area contributed by atoms with E-state index in [0.29, 0.717) is 22.7 Å². The average Bonchev–Trinajstić information content (AvgIpc) is 2.46. The summed E-state index contributed by atoms with van der Waals surface area (Å²) in [7, 11) is 3.15. The topological polar surface area (TPSA) is 47.6 Å². The van der Waals surface area contributed by atoms with Crippen LogP contribution in [0.2, 0.25) is 0 Å². The minimum absolute atomic E-state index is 0.150. The van der Waals surface area contributed by atoms with Crippen molar-refractivity contribution in [3.8, 4) is 11.5 Å². The number of carbonyl (C=O) groups excluding carboxylic acids is 1. The van der Waals surface area contributed by atoms with Gasteiger partial charge >= 0.3 is 0 Å². The normalized spacial score (nSPS) is 10.1. The summed E-state index contributed by atoms with van der Waals surface area (Å²) in [6.07, 6.45) is 0. The zero-order valence-corrected chi connectivity index (χ0v) is 12.7. The summed E-state index contributed by atoms with van der Waals surface area (Å²) in [5.74, 6) is 1.11. The lowest BCUT2D eigenvalue weighted by molar-refractivity contribution is 0.102. The molecule has 110 valence electrons. The molecule has 0 saturated heterocycles. The Hall–Kier alpha value is -2.49. The fourth-order valence-corrected chi connectivity index (χ4v) is 2.15. The molecule has 0 aliphatic heterocycles. The summed E-state index contributed by atoms with van der Waals surface area (Å²) in [5.41, 5.74) is 3.37. The standard InChI is InChI=1S/C17H19NO3/c1-11-5-6-16(12(2)7-11)17(19)18-13-8-14(20-3)10-15(9-13)21-4/h5-10H,1-4H3,(H,18,19). The lowest BCUT2D eigenvalue weighted by Crippen LogP contribution is -2.13. The molecular weight excluding hydrogens is 266 g/mol. The molecule has 0 aliphatic carbocycles. The number of hydrogen-bond donors (Lipinski definition) is 1. The molecule has 0 heterocycles. The second kappa shape index (κ2) is 6.31. The number of aryl methyl sites for hydroxylation is 2. The second-order valence-electron chi connectivity index (χ2n) is 4.87. The van der Waals surface area contributed by atoms with E-state index in [1.54, 1.807) is 32.4 Å². The molecular formula is C17H19NO3. The zero-order chi connectivity index (χ0) is 15.4. The average molecular weight is 285 g/mol. The first-order valence-corrected chi connectivity index (χ1v) is 6.65. The van der Waals surface area contributed by atoms with Crippen LogP contribution in [0.15, 0.2) is 36.4 Å². The zero-order valence-electron chi connectivity index (χ0n) is 12.7. The minimum Gasteiger partial charge on any atom is -0.497 e. The van der Waals surface area contributed by atoms with Gasteiger partial charge in [-0.3, -0.25) is 4.79 Å². The molecule has 0 atom stereocenters. The third kappa shape index (κ3) is 3.54. The van der Waals surface area contributed by atoms with Crippen molar-refractivity contribution in [2.45, 2.75) is 13.8 Å². The number of methoxy groups -OCH3 is 2. The summed E-state index contributed by atoms with van der Waals surface area (Å²) in [6, 6.07) is 11.0. The summed E-state index contributed by atoms with van der Waals surface area (Å²) in [6.45, 7) is 3.93. The number of nitrogens with one attached hydrogen (secondary N) is 1. The van der Waals surface area contributed by atoms with E-state index >= 15 is 0 Å². The van der Waals surface area contributed by atoms with E-state index in [9.17, 15) is 4.79 Å². The van der Waals surface area contributed by atoms with Gasteiger partial charge in [-0.05, 0) is 25.5 Å². The molecule has 0 unspecified atom stereocenters. The summed E-state index contributed by atoms with van der Waals surface area (Å²) < 4.78 is 10.4. The summed E-state index contributed by atoms with van der Waals surface area (Å²) in [4.78, 5) is 12.4. The van der Waals surface area contributed by atoms with Crippen molar-refractivity contribution >= 4 is 11.6 Å². The van der Waals surface area contributed by atoms with Crippen molar-refractivity contribution in [1.82, 2.24) is 0 Å². The predicted molar refractivity (Wildman–Crippen MR) is 83.4 cm³/mol. The number of rotatable bonds is 4. The van der Waals surface area contributed by atoms with Crippen LogP contribution in [-0.2, 0) is 0 Å². The number of carbonyl (C=O) groups is 1. The Labute approximate surface area is 124 Å². The van der Waals surface area contributed by atoms with Crippen molar-refractivity contribution < 1.29 is 14.3 Å². The van der Waals surface area contributed by atoms with Gasteiger partial charge < -0.3 is 14.8 Å². The van der Waals surface area contributed by atoms with E-state index in [2.05, 4.69) is 5.32 Å². The molecule has 0 bridgehead atoms. The van der Waals surface area contributed by atoms with Crippen LogP contribution in [0.3, 0.4) is 0 Å². The second-order valence-corrected chi connectivity index (χ2v) is 4.87. The van der Waals surface area contributed by atoms with Gasteiger partial charge in [0, 0.05) is 29.4 Å². The van der Waals surface area contributed by atoms with Gasteiger partial charge in [0.05, 0.1) is 14.2 Å². The van der Waals surface area contributed by atoms with Crippen LogP contribution in [0.1, 0.15) is 21.5 Å². The number of hydrogen-bond acceptors (Lipinski definition) is 3. The lowest BCUT2D eigenvalue weighted by atomic mass is 10.1. The van der Waals surface area contributed by atoms with Crippen LogP contribution in [-0.4, -0.2) is 20.1 Å². The molecule has 0 radical (unpaired) electrons. The van der Waals surface area contributed by atoms with Crippen LogP contribution < -0.4 is 14.8 Å².